The monoisotopic (exact) mass is 274 g/mol. The summed E-state index contributed by atoms with van der Waals surface area (Å²) in [6, 6.07) is 1.85. The second kappa shape index (κ2) is 6.63. The summed E-state index contributed by atoms with van der Waals surface area (Å²) in [6.07, 6.45) is 2.12. The minimum absolute atomic E-state index is 0.0727. The summed E-state index contributed by atoms with van der Waals surface area (Å²) in [5.41, 5.74) is 0. The molecule has 5 heteroatoms. The molecule has 1 heterocycles. The SMILES string of the molecule is CCNC(=O)CCNCc1occc1Br. The molecule has 84 valence electrons. The van der Waals surface area contributed by atoms with Crippen molar-refractivity contribution < 1.29 is 9.21 Å². The molecule has 0 aliphatic heterocycles. The molecule has 1 amide bonds. The Labute approximate surface area is 97.5 Å². The molecule has 0 saturated carbocycles. The van der Waals surface area contributed by atoms with Crippen molar-refractivity contribution in [2.24, 2.45) is 0 Å². The lowest BCUT2D eigenvalue weighted by Gasteiger charge is -2.03. The molecule has 0 saturated heterocycles. The zero-order chi connectivity index (χ0) is 11.1. The number of carbonyl (C=O) groups excluding carboxylic acids is 1. The Morgan fingerprint density at radius 3 is 3.00 bits per heavy atom. The van der Waals surface area contributed by atoms with Crippen LogP contribution in [0.15, 0.2) is 21.2 Å². The maximum Gasteiger partial charge on any atom is 0.221 e. The van der Waals surface area contributed by atoms with Crippen LogP contribution in [0.3, 0.4) is 0 Å². The average molecular weight is 275 g/mol. The van der Waals surface area contributed by atoms with Gasteiger partial charge in [-0.05, 0) is 28.9 Å². The van der Waals surface area contributed by atoms with Crippen LogP contribution in [-0.4, -0.2) is 19.0 Å². The van der Waals surface area contributed by atoms with E-state index in [-0.39, 0.29) is 5.91 Å². The number of rotatable bonds is 6. The van der Waals surface area contributed by atoms with Gasteiger partial charge in [0.25, 0.3) is 0 Å². The van der Waals surface area contributed by atoms with E-state index in [0.717, 1.165) is 10.2 Å². The van der Waals surface area contributed by atoms with E-state index < -0.39 is 0 Å². The van der Waals surface area contributed by atoms with Crippen molar-refractivity contribution >= 4 is 21.8 Å². The summed E-state index contributed by atoms with van der Waals surface area (Å²) >= 11 is 3.36. The van der Waals surface area contributed by atoms with Crippen LogP contribution < -0.4 is 10.6 Å². The summed E-state index contributed by atoms with van der Waals surface area (Å²) in [5.74, 6) is 0.925. The standard InChI is InChI=1S/C10H15BrN2O2/c1-2-13-10(14)3-5-12-7-9-8(11)4-6-15-9/h4,6,12H,2-3,5,7H2,1H3,(H,13,14). The first-order valence-corrected chi connectivity index (χ1v) is 5.72. The largest absolute Gasteiger partial charge is 0.467 e. The lowest BCUT2D eigenvalue weighted by atomic mass is 10.3. The van der Waals surface area contributed by atoms with Crippen molar-refractivity contribution in [2.75, 3.05) is 13.1 Å². The van der Waals surface area contributed by atoms with Crippen molar-refractivity contribution in [1.82, 2.24) is 10.6 Å². The topological polar surface area (TPSA) is 54.3 Å². The van der Waals surface area contributed by atoms with E-state index >= 15 is 0 Å². The molecule has 1 rings (SSSR count). The molecule has 0 unspecified atom stereocenters. The van der Waals surface area contributed by atoms with Crippen LogP contribution in [0.4, 0.5) is 0 Å². The molecule has 0 aliphatic rings. The molecule has 4 nitrogen and oxygen atoms in total. The van der Waals surface area contributed by atoms with Crippen LogP contribution >= 0.6 is 15.9 Å². The molecular weight excluding hydrogens is 260 g/mol. The molecule has 2 N–H and O–H groups in total. The summed E-state index contributed by atoms with van der Waals surface area (Å²) in [4.78, 5) is 11.1. The summed E-state index contributed by atoms with van der Waals surface area (Å²) in [6.45, 7) is 3.87. The van der Waals surface area contributed by atoms with Gasteiger partial charge in [-0.3, -0.25) is 4.79 Å². The number of furan rings is 1. The Hall–Kier alpha value is -0.810. The van der Waals surface area contributed by atoms with Gasteiger partial charge in [0.1, 0.15) is 5.76 Å². The maximum absolute atomic E-state index is 11.1. The minimum atomic E-state index is 0.0727. The van der Waals surface area contributed by atoms with Crippen molar-refractivity contribution in [3.63, 3.8) is 0 Å². The summed E-state index contributed by atoms with van der Waals surface area (Å²) in [7, 11) is 0. The highest BCUT2D eigenvalue weighted by atomic mass is 79.9. The maximum atomic E-state index is 11.1. The quantitative estimate of drug-likeness (QED) is 0.776. The van der Waals surface area contributed by atoms with Crippen molar-refractivity contribution in [3.05, 3.63) is 22.6 Å². The highest BCUT2D eigenvalue weighted by molar-refractivity contribution is 9.10. The third kappa shape index (κ3) is 4.48. The van der Waals surface area contributed by atoms with Crippen LogP contribution in [-0.2, 0) is 11.3 Å². The first-order chi connectivity index (χ1) is 7.24. The number of halogens is 1. The predicted molar refractivity (Wildman–Crippen MR) is 61.4 cm³/mol. The molecular formula is C10H15BrN2O2. The fourth-order valence-corrected chi connectivity index (χ4v) is 1.48. The van der Waals surface area contributed by atoms with Crippen molar-refractivity contribution in [2.45, 2.75) is 19.9 Å². The summed E-state index contributed by atoms with van der Waals surface area (Å²) in [5, 5.41) is 5.87. The molecule has 0 aromatic carbocycles. The number of hydrogen-bond acceptors (Lipinski definition) is 3. The van der Waals surface area contributed by atoms with Crippen molar-refractivity contribution in [3.8, 4) is 0 Å². The van der Waals surface area contributed by atoms with E-state index in [2.05, 4.69) is 26.6 Å². The van der Waals surface area contributed by atoms with Gasteiger partial charge in [0, 0.05) is 19.5 Å². The Balaban J connectivity index is 2.12. The lowest BCUT2D eigenvalue weighted by Crippen LogP contribution is -2.27. The first kappa shape index (κ1) is 12.3. The van der Waals surface area contributed by atoms with Crippen LogP contribution in [0.1, 0.15) is 19.1 Å². The van der Waals surface area contributed by atoms with E-state index in [1.54, 1.807) is 6.26 Å². The second-order valence-electron chi connectivity index (χ2n) is 3.07. The van der Waals surface area contributed by atoms with Gasteiger partial charge in [0.15, 0.2) is 0 Å². The zero-order valence-electron chi connectivity index (χ0n) is 8.68. The van der Waals surface area contributed by atoms with E-state index in [4.69, 9.17) is 4.42 Å². The van der Waals surface area contributed by atoms with Gasteiger partial charge in [0.05, 0.1) is 17.3 Å². The normalized spacial score (nSPS) is 10.3. The number of nitrogens with one attached hydrogen (secondary N) is 2. The number of hydrogen-bond donors (Lipinski definition) is 2. The molecule has 1 aromatic rings. The highest BCUT2D eigenvalue weighted by Crippen LogP contribution is 2.16. The van der Waals surface area contributed by atoms with E-state index in [1.807, 2.05) is 13.0 Å². The Morgan fingerprint density at radius 1 is 1.60 bits per heavy atom. The fraction of sp³-hybridized carbons (Fsp3) is 0.500. The molecule has 0 radical (unpaired) electrons. The second-order valence-corrected chi connectivity index (χ2v) is 3.93. The average Bonchev–Trinajstić information content (AvgIpc) is 2.60. The Bertz CT molecular complexity index is 312. The Kier molecular flexibility index (Phi) is 5.42. The van der Waals surface area contributed by atoms with E-state index in [1.165, 1.54) is 0 Å². The van der Waals surface area contributed by atoms with E-state index in [9.17, 15) is 4.79 Å². The van der Waals surface area contributed by atoms with Gasteiger partial charge >= 0.3 is 0 Å². The number of amides is 1. The lowest BCUT2D eigenvalue weighted by molar-refractivity contribution is -0.120. The van der Waals surface area contributed by atoms with Gasteiger partial charge in [-0.1, -0.05) is 0 Å². The molecule has 0 atom stereocenters. The smallest absolute Gasteiger partial charge is 0.221 e. The Morgan fingerprint density at radius 2 is 2.40 bits per heavy atom. The van der Waals surface area contributed by atoms with Gasteiger partial charge in [0.2, 0.25) is 5.91 Å². The van der Waals surface area contributed by atoms with Gasteiger partial charge in [-0.2, -0.15) is 0 Å². The fourth-order valence-electron chi connectivity index (χ4n) is 1.14. The van der Waals surface area contributed by atoms with Crippen LogP contribution in [0.5, 0.6) is 0 Å². The summed E-state index contributed by atoms with van der Waals surface area (Å²) < 4.78 is 6.16. The highest BCUT2D eigenvalue weighted by Gasteiger charge is 2.03. The third-order valence-corrected chi connectivity index (χ3v) is 2.59. The minimum Gasteiger partial charge on any atom is -0.467 e. The molecule has 15 heavy (non-hydrogen) atoms. The first-order valence-electron chi connectivity index (χ1n) is 4.93. The zero-order valence-corrected chi connectivity index (χ0v) is 10.3. The van der Waals surface area contributed by atoms with Gasteiger partial charge in [-0.15, -0.1) is 0 Å². The third-order valence-electron chi connectivity index (χ3n) is 1.88. The molecule has 0 bridgehead atoms. The molecule has 0 spiro atoms. The molecule has 0 fully saturated rings. The predicted octanol–water partition coefficient (Wildman–Crippen LogP) is 1.66. The van der Waals surface area contributed by atoms with Crippen LogP contribution in [0, 0.1) is 0 Å². The molecule has 0 aliphatic carbocycles. The van der Waals surface area contributed by atoms with Gasteiger partial charge in [-0.25, -0.2) is 0 Å². The van der Waals surface area contributed by atoms with Crippen LogP contribution in [0.25, 0.3) is 0 Å². The molecule has 1 aromatic heterocycles. The van der Waals surface area contributed by atoms with Crippen LogP contribution in [0.2, 0.25) is 0 Å². The number of carbonyl (C=O) groups is 1. The van der Waals surface area contributed by atoms with Gasteiger partial charge < -0.3 is 15.1 Å². The van der Waals surface area contributed by atoms with E-state index in [0.29, 0.717) is 26.1 Å². The van der Waals surface area contributed by atoms with Crippen molar-refractivity contribution in [1.29, 1.82) is 0 Å².